The molecular weight excluding hydrogens is 921 g/mol. The summed E-state index contributed by atoms with van der Waals surface area (Å²) in [6.45, 7) is 21.7. The lowest BCUT2D eigenvalue weighted by molar-refractivity contribution is -0.132. The van der Waals surface area contributed by atoms with E-state index in [4.69, 9.17) is 15.2 Å². The highest BCUT2D eigenvalue weighted by atomic mass is 16.7. The van der Waals surface area contributed by atoms with Gasteiger partial charge in [0.1, 0.15) is 17.8 Å². The molecule has 0 heterocycles. The molecule has 2 amide bonds. The third-order valence-electron chi connectivity index (χ3n) is 13.7. The van der Waals surface area contributed by atoms with Crippen molar-refractivity contribution in [3.05, 3.63) is 60.0 Å². The highest BCUT2D eigenvalue weighted by molar-refractivity contribution is 5.90. The first-order valence-electron chi connectivity index (χ1n) is 26.8. The van der Waals surface area contributed by atoms with Crippen LogP contribution in [0.15, 0.2) is 48.9 Å². The summed E-state index contributed by atoms with van der Waals surface area (Å²) in [7, 11) is 10.7. The Morgan fingerprint density at radius 2 is 1.56 bits per heavy atom. The lowest BCUT2D eigenvalue weighted by atomic mass is 9.81. The second-order valence-corrected chi connectivity index (χ2v) is 20.6. The van der Waals surface area contributed by atoms with Crippen molar-refractivity contribution >= 4 is 46.9 Å². The van der Waals surface area contributed by atoms with E-state index in [2.05, 4.69) is 50.2 Å². The van der Waals surface area contributed by atoms with Gasteiger partial charge in [-0.25, -0.2) is 4.79 Å². The molecule has 5 N–H and O–H groups in total. The standard InChI is InChI=1S/C36H49N3O5.C10H18N2O2.C6H15N.C5H8O.C2H6/c1-9-36(4,5)21-23(2)30-20-27(14-15-31(30)37)28-16-25(17-29(19-28)44-33(22-40)43-8)18-32(24(3)41)38-35(42)34(39(6)7)26-12-10-11-13-26;1-11-9(8-3-4-8)7-10(14)12(2)5-6-13;1-3-4-5-6-7-2;1-4(6)5-2-3-5;1-2/h14-17,19-20,26,32,34H,2,9-13,18,21,37H2,1,3-8H3,(H,38,42);6,8-9,11H,3-5,7H2,1-2H3;7H,3-6H2,1-2H3;5H,2-3H2,1H3;1-2H3/t;9-;;;/m.0.../s1. The summed E-state index contributed by atoms with van der Waals surface area (Å²) in [6, 6.07) is 10.5. The second kappa shape index (κ2) is 35.1. The highest BCUT2D eigenvalue weighted by Gasteiger charge is 2.34. The van der Waals surface area contributed by atoms with Crippen LogP contribution in [0.3, 0.4) is 0 Å². The molecule has 3 atom stereocenters. The van der Waals surface area contributed by atoms with E-state index in [1.807, 2.05) is 71.2 Å². The molecule has 3 aliphatic carbocycles. The van der Waals surface area contributed by atoms with Gasteiger partial charge in [0.15, 0.2) is 5.78 Å². The number of benzene rings is 2. The van der Waals surface area contributed by atoms with Crippen LogP contribution in [-0.2, 0) is 39.9 Å². The number of nitrogens with zero attached hydrogens (tertiary/aromatic N) is 2. The molecule has 5 rings (SSSR count). The van der Waals surface area contributed by atoms with Gasteiger partial charge in [-0.15, -0.1) is 0 Å². The second-order valence-electron chi connectivity index (χ2n) is 20.6. The van der Waals surface area contributed by atoms with E-state index < -0.39 is 6.04 Å². The number of carbonyl (C=O) groups is 5. The molecule has 14 nitrogen and oxygen atoms in total. The van der Waals surface area contributed by atoms with E-state index in [-0.39, 0.29) is 59.9 Å². The number of likely N-dealkylation sites (N-methyl/N-ethyl adjacent to an activating group) is 2. The van der Waals surface area contributed by atoms with Crippen LogP contribution < -0.4 is 26.4 Å². The zero-order valence-electron chi connectivity index (χ0n) is 47.5. The van der Waals surface area contributed by atoms with Crippen LogP contribution in [0, 0.1) is 23.2 Å². The fourth-order valence-electron chi connectivity index (χ4n) is 8.59. The summed E-state index contributed by atoms with van der Waals surface area (Å²) in [4.78, 5) is 73.1. The van der Waals surface area contributed by atoms with Gasteiger partial charge < -0.3 is 40.9 Å². The largest absolute Gasteiger partial charge is 0.460 e. The number of carbonyl (C=O) groups excluding carboxylic acids is 6. The Morgan fingerprint density at radius 1 is 0.918 bits per heavy atom. The first kappa shape index (κ1) is 65.9. The topological polar surface area (TPSA) is 189 Å². The van der Waals surface area contributed by atoms with Crippen LogP contribution in [0.1, 0.15) is 156 Å². The molecule has 0 aliphatic heterocycles. The van der Waals surface area contributed by atoms with Crippen molar-refractivity contribution in [3.8, 4) is 16.9 Å². The molecule has 2 aromatic rings. The number of allylic oxidation sites excluding steroid dienone is 1. The number of hydrogen-bond acceptors (Lipinski definition) is 12. The third kappa shape index (κ3) is 25.1. The summed E-state index contributed by atoms with van der Waals surface area (Å²) < 4.78 is 10.7. The Balaban J connectivity index is 0.000000737. The number of Topliss-reactive ketones (excluding diaryl/α,β-unsaturated/α-hetero) is 2. The maximum absolute atomic E-state index is 13.5. The van der Waals surface area contributed by atoms with E-state index >= 15 is 0 Å². The molecule has 3 saturated carbocycles. The molecule has 410 valence electrons. The molecule has 14 heteroatoms. The summed E-state index contributed by atoms with van der Waals surface area (Å²) in [5.74, 6) is 3.19. The zero-order valence-corrected chi connectivity index (χ0v) is 47.5. The number of nitrogen functional groups attached to an aromatic ring is 1. The Hall–Kier alpha value is -5.14. The average Bonchev–Trinajstić information content (AvgIpc) is 4.32. The van der Waals surface area contributed by atoms with Crippen LogP contribution >= 0.6 is 0 Å². The SMILES string of the molecule is C=C(CC(C)(C)CC)c1cc(-c2cc(CC(NC(=O)C(C3CCCC3)N(C)C)C(C)=O)cc(OC(=C=O)OC)c2)ccc1N.CC.CC(=O)C1CC1.CCCCCNC.CN[C@@H](CC(=O)N(C)CC=O)C1CC1. The minimum absolute atomic E-state index is 0.0448. The summed E-state index contributed by atoms with van der Waals surface area (Å²) >= 11 is 0. The molecule has 0 radical (unpaired) electrons. The number of unbranched alkanes of at least 4 members (excludes halogenated alkanes) is 2. The van der Waals surface area contributed by atoms with Gasteiger partial charge in [-0.2, -0.15) is 0 Å². The number of nitrogens with two attached hydrogens (primary N) is 1. The van der Waals surface area contributed by atoms with Gasteiger partial charge in [-0.05, 0) is 170 Å². The Labute approximate surface area is 440 Å². The van der Waals surface area contributed by atoms with Crippen LogP contribution in [0.2, 0.25) is 0 Å². The maximum atomic E-state index is 13.5. The summed E-state index contributed by atoms with van der Waals surface area (Å²) in [5, 5.41) is 9.29. The van der Waals surface area contributed by atoms with Crippen LogP contribution in [0.5, 0.6) is 5.75 Å². The molecule has 3 aliphatic rings. The van der Waals surface area contributed by atoms with Crippen molar-refractivity contribution in [1.29, 1.82) is 0 Å². The van der Waals surface area contributed by atoms with Crippen LogP contribution in [-0.4, -0.2) is 119 Å². The number of ether oxygens (including phenoxy) is 2. The average molecular weight is 1020 g/mol. The van der Waals surface area contributed by atoms with E-state index in [0.717, 1.165) is 85.5 Å². The molecular formula is C59H96N6O8. The van der Waals surface area contributed by atoms with Gasteiger partial charge >= 0.3 is 5.95 Å². The summed E-state index contributed by atoms with van der Waals surface area (Å²) in [6.07, 6.45) is 16.3. The number of methoxy groups -OCH3 is 1. The van der Waals surface area contributed by atoms with Gasteiger partial charge in [0.05, 0.1) is 25.7 Å². The number of hydrogen-bond donors (Lipinski definition) is 4. The minimum Gasteiger partial charge on any atom is -0.460 e. The molecule has 3 fully saturated rings. The number of anilines is 1. The van der Waals surface area contributed by atoms with Crippen LogP contribution in [0.4, 0.5) is 5.69 Å². The predicted octanol–water partition coefficient (Wildman–Crippen LogP) is 9.65. The number of aldehydes is 1. The maximum Gasteiger partial charge on any atom is 0.375 e. The Morgan fingerprint density at radius 3 is 2.03 bits per heavy atom. The Bertz CT molecular complexity index is 2060. The molecule has 0 aromatic heterocycles. The van der Waals surface area contributed by atoms with Crippen molar-refractivity contribution in [2.75, 3.05) is 61.2 Å². The minimum atomic E-state index is -0.740. The number of rotatable bonds is 26. The number of ketones is 2. The van der Waals surface area contributed by atoms with Crippen molar-refractivity contribution < 1.29 is 38.2 Å². The zero-order chi connectivity index (χ0) is 55.3. The normalized spacial score (nSPS) is 15.1. The van der Waals surface area contributed by atoms with Gasteiger partial charge in [0.2, 0.25) is 17.8 Å². The fraction of sp³-hybridized carbons (Fsp3) is 0.644. The van der Waals surface area contributed by atoms with Crippen molar-refractivity contribution in [1.82, 2.24) is 25.8 Å². The Kier molecular flexibility index (Phi) is 31.7. The van der Waals surface area contributed by atoms with Gasteiger partial charge in [-0.1, -0.05) is 92.4 Å². The van der Waals surface area contributed by atoms with E-state index in [9.17, 15) is 28.8 Å². The molecule has 2 aromatic carbocycles. The molecule has 0 bridgehead atoms. The predicted molar refractivity (Wildman–Crippen MR) is 299 cm³/mol. The third-order valence-corrected chi connectivity index (χ3v) is 13.7. The number of nitrogens with one attached hydrogen (secondary N) is 3. The molecule has 73 heavy (non-hydrogen) atoms. The lowest BCUT2D eigenvalue weighted by Crippen LogP contribution is -2.52. The fourth-order valence-corrected chi connectivity index (χ4v) is 8.59. The smallest absolute Gasteiger partial charge is 0.375 e. The summed E-state index contributed by atoms with van der Waals surface area (Å²) in [5.41, 5.74) is 11.3. The quantitative estimate of drug-likeness (QED) is 0.0230. The van der Waals surface area contributed by atoms with Crippen molar-refractivity contribution in [2.45, 2.75) is 170 Å². The number of amides is 2. The monoisotopic (exact) mass is 1020 g/mol. The van der Waals surface area contributed by atoms with E-state index in [1.165, 1.54) is 57.6 Å². The van der Waals surface area contributed by atoms with Crippen molar-refractivity contribution in [2.24, 2.45) is 23.2 Å². The first-order valence-corrected chi connectivity index (χ1v) is 26.8. The van der Waals surface area contributed by atoms with Crippen LogP contribution in [0.25, 0.3) is 16.7 Å². The van der Waals surface area contributed by atoms with E-state index in [1.54, 1.807) is 32.0 Å². The van der Waals surface area contributed by atoms with Gasteiger partial charge in [0.25, 0.3) is 0 Å². The lowest BCUT2D eigenvalue weighted by Gasteiger charge is -2.30. The highest BCUT2D eigenvalue weighted by Crippen LogP contribution is 2.38. The van der Waals surface area contributed by atoms with E-state index in [0.29, 0.717) is 35.5 Å². The van der Waals surface area contributed by atoms with Gasteiger partial charge in [0, 0.05) is 36.7 Å². The molecule has 2 unspecified atom stereocenters. The molecule has 0 saturated heterocycles. The first-order chi connectivity index (χ1) is 34.7. The van der Waals surface area contributed by atoms with Gasteiger partial charge in [-0.3, -0.25) is 24.1 Å². The van der Waals surface area contributed by atoms with Crippen molar-refractivity contribution in [3.63, 3.8) is 0 Å². The molecule has 0 spiro atoms.